The first-order chi connectivity index (χ1) is 9.22. The molecule has 1 aromatic carbocycles. The first-order valence-corrected chi connectivity index (χ1v) is 7.47. The predicted molar refractivity (Wildman–Crippen MR) is 78.3 cm³/mol. The van der Waals surface area contributed by atoms with Gasteiger partial charge in [-0.15, -0.1) is 0 Å². The lowest BCUT2D eigenvalue weighted by atomic mass is 9.82. The van der Waals surface area contributed by atoms with E-state index in [1.807, 2.05) is 12.1 Å². The fourth-order valence-corrected chi connectivity index (χ4v) is 3.31. The Morgan fingerprint density at radius 3 is 2.53 bits per heavy atom. The van der Waals surface area contributed by atoms with Crippen LogP contribution in [-0.4, -0.2) is 24.4 Å². The Morgan fingerprint density at radius 1 is 1.21 bits per heavy atom. The Bertz CT molecular complexity index is 383. The van der Waals surface area contributed by atoms with E-state index in [2.05, 4.69) is 19.1 Å². The summed E-state index contributed by atoms with van der Waals surface area (Å²) >= 11 is 0. The van der Waals surface area contributed by atoms with E-state index in [9.17, 15) is 5.11 Å². The average Bonchev–Trinajstić information content (AvgIpc) is 2.43. The summed E-state index contributed by atoms with van der Waals surface area (Å²) in [5, 5.41) is 10.5. The molecule has 0 saturated heterocycles. The first-order valence-electron chi connectivity index (χ1n) is 7.47. The van der Waals surface area contributed by atoms with Crippen LogP contribution in [0.4, 0.5) is 0 Å². The van der Waals surface area contributed by atoms with Gasteiger partial charge in [0.15, 0.2) is 0 Å². The smallest absolute Gasteiger partial charge is 0.0861 e. The molecule has 1 saturated carbocycles. The fourth-order valence-electron chi connectivity index (χ4n) is 3.31. The molecule has 0 heterocycles. The molecule has 1 aliphatic rings. The molecule has 2 atom stereocenters. The highest BCUT2D eigenvalue weighted by molar-refractivity contribution is 5.26. The minimum Gasteiger partial charge on any atom is -0.390 e. The Hall–Kier alpha value is -0.860. The molecule has 19 heavy (non-hydrogen) atoms. The van der Waals surface area contributed by atoms with Crippen LogP contribution in [0.3, 0.4) is 0 Å². The molecular weight excluding hydrogens is 236 g/mol. The number of hydrogen-bond acceptors (Lipinski definition) is 2. The maximum absolute atomic E-state index is 10.5. The predicted octanol–water partition coefficient (Wildman–Crippen LogP) is 3.49. The van der Waals surface area contributed by atoms with Crippen LogP contribution in [0.1, 0.15) is 43.2 Å². The highest BCUT2D eigenvalue weighted by Gasteiger charge is 2.29. The van der Waals surface area contributed by atoms with Crippen LogP contribution in [0.5, 0.6) is 0 Å². The van der Waals surface area contributed by atoms with E-state index in [-0.39, 0.29) is 6.10 Å². The van der Waals surface area contributed by atoms with Crippen molar-refractivity contribution in [3.63, 3.8) is 0 Å². The van der Waals surface area contributed by atoms with Crippen molar-refractivity contribution >= 4 is 0 Å². The van der Waals surface area contributed by atoms with Gasteiger partial charge in [0.2, 0.25) is 0 Å². The first kappa shape index (κ1) is 14.5. The standard InChI is InChI=1S/C17H26O2/c1-13-8-6-7-11-15(13)12-16(18)17(19-2)14-9-4-3-5-10-14/h6-8,11,14,16-18H,3-5,9-10,12H2,1-2H3. The Balaban J connectivity index is 2.00. The quantitative estimate of drug-likeness (QED) is 0.880. The third kappa shape index (κ3) is 3.80. The molecule has 2 unspecified atom stereocenters. The minimum absolute atomic E-state index is 0.0140. The van der Waals surface area contributed by atoms with E-state index >= 15 is 0 Å². The molecular formula is C17H26O2. The molecule has 2 nitrogen and oxygen atoms in total. The van der Waals surface area contributed by atoms with Gasteiger partial charge >= 0.3 is 0 Å². The summed E-state index contributed by atoms with van der Waals surface area (Å²) < 4.78 is 5.61. The summed E-state index contributed by atoms with van der Waals surface area (Å²) in [6.45, 7) is 2.10. The summed E-state index contributed by atoms with van der Waals surface area (Å²) in [4.78, 5) is 0. The van der Waals surface area contributed by atoms with Crippen LogP contribution in [0, 0.1) is 12.8 Å². The molecule has 0 radical (unpaired) electrons. The van der Waals surface area contributed by atoms with Crippen LogP contribution in [0.15, 0.2) is 24.3 Å². The molecule has 1 N–H and O–H groups in total. The number of aryl methyl sites for hydroxylation is 1. The van der Waals surface area contributed by atoms with Crippen molar-refractivity contribution < 1.29 is 9.84 Å². The lowest BCUT2D eigenvalue weighted by Gasteiger charge is -2.32. The van der Waals surface area contributed by atoms with E-state index in [0.717, 1.165) is 0 Å². The van der Waals surface area contributed by atoms with Gasteiger partial charge in [-0.2, -0.15) is 0 Å². The second-order valence-electron chi connectivity index (χ2n) is 5.80. The van der Waals surface area contributed by atoms with E-state index in [1.165, 1.54) is 43.2 Å². The zero-order chi connectivity index (χ0) is 13.7. The molecule has 0 aromatic heterocycles. The largest absolute Gasteiger partial charge is 0.390 e. The molecule has 0 aliphatic heterocycles. The average molecular weight is 262 g/mol. The molecule has 0 amide bonds. The number of hydrogen-bond donors (Lipinski definition) is 1. The van der Waals surface area contributed by atoms with Crippen LogP contribution in [0.25, 0.3) is 0 Å². The van der Waals surface area contributed by atoms with Crippen molar-refractivity contribution in [2.45, 2.75) is 57.7 Å². The van der Waals surface area contributed by atoms with Crippen molar-refractivity contribution in [2.75, 3.05) is 7.11 Å². The topological polar surface area (TPSA) is 29.5 Å². The number of rotatable bonds is 5. The molecule has 2 rings (SSSR count). The lowest BCUT2D eigenvalue weighted by Crippen LogP contribution is -2.37. The Morgan fingerprint density at radius 2 is 1.89 bits per heavy atom. The SMILES string of the molecule is COC(C(O)Cc1ccccc1C)C1CCCCC1. The monoisotopic (exact) mass is 262 g/mol. The van der Waals surface area contributed by atoms with Crippen molar-refractivity contribution in [3.05, 3.63) is 35.4 Å². The van der Waals surface area contributed by atoms with E-state index < -0.39 is 6.10 Å². The number of aliphatic hydroxyl groups is 1. The normalized spacial score (nSPS) is 20.2. The van der Waals surface area contributed by atoms with Crippen LogP contribution < -0.4 is 0 Å². The second-order valence-corrected chi connectivity index (χ2v) is 5.80. The van der Waals surface area contributed by atoms with Gasteiger partial charge in [-0.3, -0.25) is 0 Å². The van der Waals surface area contributed by atoms with Crippen molar-refractivity contribution in [2.24, 2.45) is 5.92 Å². The summed E-state index contributed by atoms with van der Waals surface area (Å²) in [6, 6.07) is 8.29. The number of aliphatic hydroxyl groups excluding tert-OH is 1. The number of ether oxygens (including phenoxy) is 1. The molecule has 106 valence electrons. The number of benzene rings is 1. The maximum atomic E-state index is 10.5. The van der Waals surface area contributed by atoms with Gasteiger partial charge in [0.25, 0.3) is 0 Å². The summed E-state index contributed by atoms with van der Waals surface area (Å²) in [7, 11) is 1.74. The van der Waals surface area contributed by atoms with Gasteiger partial charge in [-0.05, 0) is 36.8 Å². The van der Waals surface area contributed by atoms with Crippen molar-refractivity contribution in [3.8, 4) is 0 Å². The van der Waals surface area contributed by atoms with Gasteiger partial charge < -0.3 is 9.84 Å². The van der Waals surface area contributed by atoms with Gasteiger partial charge in [0, 0.05) is 13.5 Å². The van der Waals surface area contributed by atoms with E-state index in [0.29, 0.717) is 12.3 Å². The minimum atomic E-state index is -0.394. The summed E-state index contributed by atoms with van der Waals surface area (Å²) in [6.07, 6.45) is 6.58. The van der Waals surface area contributed by atoms with Gasteiger partial charge in [0.1, 0.15) is 0 Å². The van der Waals surface area contributed by atoms with E-state index in [4.69, 9.17) is 4.74 Å². The Labute approximate surface area is 116 Å². The zero-order valence-corrected chi connectivity index (χ0v) is 12.1. The van der Waals surface area contributed by atoms with Gasteiger partial charge in [-0.25, -0.2) is 0 Å². The number of methoxy groups -OCH3 is 1. The molecule has 1 aromatic rings. The Kier molecular flexibility index (Phi) is 5.41. The second kappa shape index (κ2) is 7.06. The fraction of sp³-hybridized carbons (Fsp3) is 0.647. The maximum Gasteiger partial charge on any atom is 0.0861 e. The molecule has 1 fully saturated rings. The highest BCUT2D eigenvalue weighted by Crippen LogP contribution is 2.30. The van der Waals surface area contributed by atoms with Crippen molar-refractivity contribution in [1.29, 1.82) is 0 Å². The van der Waals surface area contributed by atoms with Crippen LogP contribution in [-0.2, 0) is 11.2 Å². The zero-order valence-electron chi connectivity index (χ0n) is 12.1. The summed E-state index contributed by atoms with van der Waals surface area (Å²) in [5.74, 6) is 0.526. The summed E-state index contributed by atoms with van der Waals surface area (Å²) in [5.41, 5.74) is 2.48. The third-order valence-electron chi connectivity index (χ3n) is 4.46. The van der Waals surface area contributed by atoms with Crippen LogP contribution >= 0.6 is 0 Å². The molecule has 0 spiro atoms. The molecule has 1 aliphatic carbocycles. The van der Waals surface area contributed by atoms with E-state index in [1.54, 1.807) is 7.11 Å². The third-order valence-corrected chi connectivity index (χ3v) is 4.46. The molecule has 0 bridgehead atoms. The molecule has 2 heteroatoms. The van der Waals surface area contributed by atoms with Gasteiger partial charge in [0.05, 0.1) is 12.2 Å². The van der Waals surface area contributed by atoms with Crippen LogP contribution in [0.2, 0.25) is 0 Å². The highest BCUT2D eigenvalue weighted by atomic mass is 16.5. The van der Waals surface area contributed by atoms with Crippen molar-refractivity contribution in [1.82, 2.24) is 0 Å². The lowest BCUT2D eigenvalue weighted by molar-refractivity contribution is -0.0536. The van der Waals surface area contributed by atoms with Gasteiger partial charge in [-0.1, -0.05) is 43.5 Å².